The molecule has 0 unspecified atom stereocenters. The molecule has 0 aliphatic heterocycles. The van der Waals surface area contributed by atoms with Gasteiger partial charge in [-0.3, -0.25) is 4.79 Å². The van der Waals surface area contributed by atoms with Gasteiger partial charge in [0, 0.05) is 16.7 Å². The Hall–Kier alpha value is -1.75. The van der Waals surface area contributed by atoms with Crippen molar-refractivity contribution in [3.05, 3.63) is 38.5 Å². The molecule has 0 aromatic carbocycles. The molecule has 0 fully saturated rings. The minimum absolute atomic E-state index is 0.0474. The summed E-state index contributed by atoms with van der Waals surface area (Å²) in [7, 11) is -1.76. The van der Waals surface area contributed by atoms with Gasteiger partial charge in [-0.15, -0.1) is 22.7 Å². The summed E-state index contributed by atoms with van der Waals surface area (Å²) >= 11 is 2.53. The number of aromatic nitrogens is 1. The van der Waals surface area contributed by atoms with Crippen LogP contribution in [0.2, 0.25) is 0 Å². The number of thiophene rings is 1. The normalized spacial score (nSPS) is 11.9. The van der Waals surface area contributed by atoms with Crippen LogP contribution in [0.5, 0.6) is 0 Å². The van der Waals surface area contributed by atoms with Crippen molar-refractivity contribution in [3.8, 4) is 0 Å². The second-order valence-electron chi connectivity index (χ2n) is 4.48. The lowest BCUT2D eigenvalue weighted by molar-refractivity contribution is -0.120. The van der Waals surface area contributed by atoms with E-state index in [1.165, 1.54) is 16.7 Å². The van der Waals surface area contributed by atoms with E-state index in [-0.39, 0.29) is 24.4 Å². The van der Waals surface area contributed by atoms with Crippen LogP contribution in [0.4, 0.5) is 0 Å². The summed E-state index contributed by atoms with van der Waals surface area (Å²) in [5, 5.41) is 33.7. The Labute approximate surface area is 134 Å². The Morgan fingerprint density at radius 1 is 1.36 bits per heavy atom. The van der Waals surface area contributed by atoms with Gasteiger partial charge in [0.05, 0.1) is 17.4 Å². The average Bonchev–Trinajstić information content (AvgIpc) is 3.09. The zero-order valence-corrected chi connectivity index (χ0v) is 12.9. The Morgan fingerprint density at radius 2 is 2.14 bits per heavy atom. The van der Waals surface area contributed by atoms with Crippen LogP contribution in [-0.4, -0.2) is 45.1 Å². The molecular formula is C12H13BN2O5S2. The summed E-state index contributed by atoms with van der Waals surface area (Å²) in [5.41, 5.74) is -0.101. The number of thiazole rings is 1. The highest BCUT2D eigenvalue weighted by Gasteiger charge is 2.27. The van der Waals surface area contributed by atoms with E-state index >= 15 is 0 Å². The first kappa shape index (κ1) is 16.6. The maximum atomic E-state index is 11.9. The molecule has 2 aromatic rings. The van der Waals surface area contributed by atoms with Crippen molar-refractivity contribution in [1.82, 2.24) is 10.3 Å². The maximum Gasteiger partial charge on any atom is 0.475 e. The molecule has 0 aliphatic carbocycles. The number of hydrogen-bond donors (Lipinski definition) is 4. The number of rotatable bonds is 7. The van der Waals surface area contributed by atoms with E-state index in [1.807, 2.05) is 17.5 Å². The number of aromatic carboxylic acids is 1. The molecule has 10 heteroatoms. The monoisotopic (exact) mass is 340 g/mol. The van der Waals surface area contributed by atoms with Gasteiger partial charge in [-0.25, -0.2) is 9.78 Å². The van der Waals surface area contributed by atoms with Crippen LogP contribution < -0.4 is 5.32 Å². The van der Waals surface area contributed by atoms with Gasteiger partial charge in [-0.05, 0) is 11.4 Å². The number of carbonyl (C=O) groups excluding carboxylic acids is 1. The van der Waals surface area contributed by atoms with Gasteiger partial charge < -0.3 is 20.5 Å². The number of nitrogens with one attached hydrogen (secondary N) is 1. The minimum atomic E-state index is -1.76. The van der Waals surface area contributed by atoms with Crippen molar-refractivity contribution in [2.24, 2.45) is 0 Å². The van der Waals surface area contributed by atoms with Crippen LogP contribution in [0, 0.1) is 0 Å². The zero-order valence-electron chi connectivity index (χ0n) is 11.3. The number of hydrogen-bond acceptors (Lipinski definition) is 7. The lowest BCUT2D eigenvalue weighted by Gasteiger charge is -2.16. The smallest absolute Gasteiger partial charge is 0.475 e. The van der Waals surface area contributed by atoms with Gasteiger partial charge in [0.25, 0.3) is 0 Å². The third kappa shape index (κ3) is 4.63. The summed E-state index contributed by atoms with van der Waals surface area (Å²) in [6.07, 6.45) is 0.199. The molecule has 22 heavy (non-hydrogen) atoms. The van der Waals surface area contributed by atoms with Crippen molar-refractivity contribution < 1.29 is 24.7 Å². The average molecular weight is 340 g/mol. The Kier molecular flexibility index (Phi) is 5.66. The molecular weight excluding hydrogens is 327 g/mol. The van der Waals surface area contributed by atoms with Crippen LogP contribution >= 0.6 is 22.7 Å². The van der Waals surface area contributed by atoms with Crippen LogP contribution in [0.1, 0.15) is 20.4 Å². The molecule has 2 heterocycles. The van der Waals surface area contributed by atoms with Crippen molar-refractivity contribution in [1.29, 1.82) is 0 Å². The van der Waals surface area contributed by atoms with E-state index < -0.39 is 19.0 Å². The van der Waals surface area contributed by atoms with Crippen molar-refractivity contribution in [2.75, 3.05) is 0 Å². The molecule has 0 radical (unpaired) electrons. The molecule has 0 saturated carbocycles. The minimum Gasteiger partial charge on any atom is -0.476 e. The second kappa shape index (κ2) is 7.50. The van der Waals surface area contributed by atoms with E-state index in [2.05, 4.69) is 10.3 Å². The van der Waals surface area contributed by atoms with Crippen LogP contribution in [-0.2, 0) is 17.6 Å². The molecule has 0 spiro atoms. The lowest BCUT2D eigenvalue weighted by Crippen LogP contribution is -2.48. The zero-order chi connectivity index (χ0) is 16.1. The molecule has 2 aromatic heterocycles. The quantitative estimate of drug-likeness (QED) is 0.534. The fourth-order valence-corrected chi connectivity index (χ4v) is 3.28. The predicted molar refractivity (Wildman–Crippen MR) is 82.9 cm³/mol. The Balaban J connectivity index is 1.97. The number of amides is 1. The van der Waals surface area contributed by atoms with E-state index in [0.717, 1.165) is 16.2 Å². The second-order valence-corrected chi connectivity index (χ2v) is 6.45. The van der Waals surface area contributed by atoms with Gasteiger partial charge in [0.15, 0.2) is 5.69 Å². The van der Waals surface area contributed by atoms with E-state index in [9.17, 15) is 19.6 Å². The summed E-state index contributed by atoms with van der Waals surface area (Å²) in [4.78, 5) is 27.4. The van der Waals surface area contributed by atoms with E-state index in [1.54, 1.807) is 0 Å². The molecule has 0 aliphatic rings. The standard InChI is InChI=1S/C12H13BN2O5S2/c16-10(4-7-2-1-3-21-7)15-9(13(19)20)5-11-14-8(6-22-11)12(17)18/h1-3,6,9,19-20H,4-5H2,(H,15,16)(H,17,18)/t9-/m0/s1. The highest BCUT2D eigenvalue weighted by molar-refractivity contribution is 7.10. The van der Waals surface area contributed by atoms with Crippen molar-refractivity contribution in [3.63, 3.8) is 0 Å². The third-order valence-electron chi connectivity index (χ3n) is 2.79. The molecule has 0 bridgehead atoms. The Morgan fingerprint density at radius 3 is 2.68 bits per heavy atom. The van der Waals surface area contributed by atoms with Gasteiger partial charge in [0.1, 0.15) is 0 Å². The summed E-state index contributed by atoms with van der Waals surface area (Å²) in [5.74, 6) is -2.43. The first-order valence-corrected chi connectivity index (χ1v) is 8.07. The topological polar surface area (TPSA) is 120 Å². The van der Waals surface area contributed by atoms with Gasteiger partial charge in [-0.1, -0.05) is 6.07 Å². The van der Waals surface area contributed by atoms with Crippen LogP contribution in [0.3, 0.4) is 0 Å². The van der Waals surface area contributed by atoms with E-state index in [4.69, 9.17) is 5.11 Å². The molecule has 7 nitrogen and oxygen atoms in total. The number of carboxylic acid groups (broad SMARTS) is 1. The SMILES string of the molecule is O=C(Cc1cccs1)N[C@@H](Cc1nc(C(=O)O)cs1)B(O)O. The lowest BCUT2D eigenvalue weighted by atomic mass is 9.77. The summed E-state index contributed by atoms with van der Waals surface area (Å²) in [6.45, 7) is 0. The van der Waals surface area contributed by atoms with Crippen molar-refractivity contribution >= 4 is 41.7 Å². The maximum absolute atomic E-state index is 11.9. The fourth-order valence-electron chi connectivity index (χ4n) is 1.75. The van der Waals surface area contributed by atoms with Crippen LogP contribution in [0.15, 0.2) is 22.9 Å². The first-order chi connectivity index (χ1) is 10.5. The van der Waals surface area contributed by atoms with E-state index in [0.29, 0.717) is 5.01 Å². The fraction of sp³-hybridized carbons (Fsp3) is 0.250. The number of nitrogens with zero attached hydrogens (tertiary/aromatic N) is 1. The first-order valence-electron chi connectivity index (χ1n) is 6.31. The van der Waals surface area contributed by atoms with Gasteiger partial charge >= 0.3 is 13.1 Å². The van der Waals surface area contributed by atoms with Crippen LogP contribution in [0.25, 0.3) is 0 Å². The number of carboxylic acids is 1. The molecule has 1 amide bonds. The van der Waals surface area contributed by atoms with Gasteiger partial charge in [-0.2, -0.15) is 0 Å². The largest absolute Gasteiger partial charge is 0.476 e. The molecule has 0 saturated heterocycles. The van der Waals surface area contributed by atoms with Gasteiger partial charge in [0.2, 0.25) is 5.91 Å². The summed E-state index contributed by atoms with van der Waals surface area (Å²) in [6, 6.07) is 3.64. The van der Waals surface area contributed by atoms with Crippen molar-refractivity contribution in [2.45, 2.75) is 18.8 Å². The predicted octanol–water partition coefficient (Wildman–Crippen LogP) is 0.185. The molecule has 4 N–H and O–H groups in total. The molecule has 116 valence electrons. The Bertz CT molecular complexity index is 644. The molecule has 1 atom stereocenters. The summed E-state index contributed by atoms with van der Waals surface area (Å²) < 4.78 is 0. The molecule has 2 rings (SSSR count). The third-order valence-corrected chi connectivity index (χ3v) is 4.53. The highest BCUT2D eigenvalue weighted by Crippen LogP contribution is 2.13. The number of carbonyl (C=O) groups is 2. The highest BCUT2D eigenvalue weighted by atomic mass is 32.1.